The maximum absolute atomic E-state index is 13.4. The molecular formula is C10H18F2O4P+. The van der Waals surface area contributed by atoms with Crippen molar-refractivity contribution in [3.05, 3.63) is 0 Å². The smallest absolute Gasteiger partial charge is 0.290 e. The van der Waals surface area contributed by atoms with Gasteiger partial charge in [0.1, 0.15) is 0 Å². The zero-order chi connectivity index (χ0) is 13.6. The average molecular weight is 271 g/mol. The molecule has 17 heavy (non-hydrogen) atoms. The second-order valence-corrected chi connectivity index (χ2v) is 5.31. The van der Waals surface area contributed by atoms with Crippen LogP contribution in [0, 0.1) is 11.8 Å². The summed E-state index contributed by atoms with van der Waals surface area (Å²) in [4.78, 5) is 19.3. The van der Waals surface area contributed by atoms with Crippen molar-refractivity contribution in [2.45, 2.75) is 39.5 Å². The first-order valence-corrected chi connectivity index (χ1v) is 6.48. The molecule has 2 atom stereocenters. The lowest BCUT2D eigenvalue weighted by Gasteiger charge is -2.19. The highest BCUT2D eigenvalue weighted by molar-refractivity contribution is 7.32. The maximum atomic E-state index is 13.4. The van der Waals surface area contributed by atoms with E-state index in [1.54, 1.807) is 6.92 Å². The number of carbonyl (C=O) groups is 1. The van der Waals surface area contributed by atoms with Crippen LogP contribution in [0.15, 0.2) is 0 Å². The monoisotopic (exact) mass is 271 g/mol. The molecule has 0 spiro atoms. The first-order chi connectivity index (χ1) is 7.65. The van der Waals surface area contributed by atoms with Crippen LogP contribution in [0.2, 0.25) is 0 Å². The van der Waals surface area contributed by atoms with Gasteiger partial charge >= 0.3 is 14.2 Å². The van der Waals surface area contributed by atoms with Gasteiger partial charge in [0.2, 0.25) is 5.78 Å². The van der Waals surface area contributed by atoms with Gasteiger partial charge in [-0.25, -0.2) is 0 Å². The van der Waals surface area contributed by atoms with Crippen LogP contribution in [0.1, 0.15) is 33.6 Å². The Morgan fingerprint density at radius 1 is 1.41 bits per heavy atom. The van der Waals surface area contributed by atoms with Crippen molar-refractivity contribution in [1.29, 1.82) is 0 Å². The summed E-state index contributed by atoms with van der Waals surface area (Å²) in [6.07, 6.45) is 0.0353. The first-order valence-electron chi connectivity index (χ1n) is 5.35. The Balaban J connectivity index is 4.25. The molecule has 0 aliphatic rings. The van der Waals surface area contributed by atoms with E-state index < -0.39 is 33.0 Å². The van der Waals surface area contributed by atoms with Crippen LogP contribution in [0.5, 0.6) is 0 Å². The summed E-state index contributed by atoms with van der Waals surface area (Å²) in [6, 6.07) is 0. The second-order valence-electron chi connectivity index (χ2n) is 4.58. The van der Waals surface area contributed by atoms with E-state index in [0.717, 1.165) is 0 Å². The van der Waals surface area contributed by atoms with E-state index in [1.165, 1.54) is 0 Å². The van der Waals surface area contributed by atoms with Gasteiger partial charge < -0.3 is 0 Å². The fraction of sp³-hybridized carbons (Fsp3) is 0.900. The minimum atomic E-state index is -3.50. The van der Waals surface area contributed by atoms with Gasteiger partial charge in [0.15, 0.2) is 6.61 Å². The molecule has 0 radical (unpaired) electrons. The Morgan fingerprint density at radius 3 is 2.35 bits per heavy atom. The number of Topliss-reactive ketones (excluding diaryl/α,β-unsaturated/α-hetero) is 1. The summed E-state index contributed by atoms with van der Waals surface area (Å²) in [5.74, 6) is -4.97. The number of halogens is 2. The number of ketones is 1. The number of hydrogen-bond acceptors (Lipinski definition) is 3. The van der Waals surface area contributed by atoms with Crippen LogP contribution in [-0.4, -0.2) is 23.2 Å². The molecule has 0 aliphatic heterocycles. The van der Waals surface area contributed by atoms with Gasteiger partial charge in [-0.05, 0) is 18.3 Å². The van der Waals surface area contributed by atoms with Gasteiger partial charge in [-0.15, -0.1) is 9.42 Å². The predicted molar refractivity (Wildman–Crippen MR) is 59.0 cm³/mol. The SMILES string of the molecule is CC(C)C[C@H](C)CC(F)(F)C(=O)CO[P+](=O)O. The average Bonchev–Trinajstić information content (AvgIpc) is 2.11. The largest absolute Gasteiger partial charge is 0.695 e. The van der Waals surface area contributed by atoms with Crippen molar-refractivity contribution in [3.8, 4) is 0 Å². The van der Waals surface area contributed by atoms with Gasteiger partial charge in [0.05, 0.1) is 0 Å². The molecule has 0 amide bonds. The molecule has 0 fully saturated rings. The van der Waals surface area contributed by atoms with Crippen molar-refractivity contribution in [2.24, 2.45) is 11.8 Å². The van der Waals surface area contributed by atoms with Crippen LogP contribution in [0.3, 0.4) is 0 Å². The lowest BCUT2D eigenvalue weighted by atomic mass is 9.92. The lowest BCUT2D eigenvalue weighted by Crippen LogP contribution is -2.33. The van der Waals surface area contributed by atoms with Gasteiger partial charge in [-0.3, -0.25) is 4.79 Å². The van der Waals surface area contributed by atoms with E-state index in [-0.39, 0.29) is 11.8 Å². The van der Waals surface area contributed by atoms with Crippen molar-refractivity contribution in [3.63, 3.8) is 0 Å². The van der Waals surface area contributed by atoms with Crippen molar-refractivity contribution >= 4 is 14.0 Å². The third kappa shape index (κ3) is 7.47. The molecule has 0 saturated heterocycles. The summed E-state index contributed by atoms with van der Waals surface area (Å²) in [5, 5.41) is 0. The van der Waals surface area contributed by atoms with E-state index in [2.05, 4.69) is 4.52 Å². The van der Waals surface area contributed by atoms with E-state index in [9.17, 15) is 18.1 Å². The highest BCUT2D eigenvalue weighted by atomic mass is 31.1. The summed E-state index contributed by atoms with van der Waals surface area (Å²) in [6.45, 7) is 4.44. The molecule has 0 aromatic heterocycles. The summed E-state index contributed by atoms with van der Waals surface area (Å²) in [7, 11) is -3.02. The van der Waals surface area contributed by atoms with Gasteiger partial charge in [-0.2, -0.15) is 8.78 Å². The molecule has 0 bridgehead atoms. The summed E-state index contributed by atoms with van der Waals surface area (Å²) in [5.41, 5.74) is 0. The van der Waals surface area contributed by atoms with Crippen molar-refractivity contribution < 1.29 is 27.6 Å². The molecule has 0 rings (SSSR count). The van der Waals surface area contributed by atoms with Gasteiger partial charge in [-0.1, -0.05) is 20.8 Å². The second kappa shape index (κ2) is 7.09. The third-order valence-electron chi connectivity index (χ3n) is 2.19. The Bertz CT molecular complexity index is 281. The molecule has 1 N–H and O–H groups in total. The van der Waals surface area contributed by atoms with Crippen LogP contribution in [0.4, 0.5) is 8.78 Å². The Morgan fingerprint density at radius 2 is 1.94 bits per heavy atom. The van der Waals surface area contributed by atoms with Crippen LogP contribution < -0.4 is 0 Å². The summed E-state index contributed by atoms with van der Waals surface area (Å²) >= 11 is 0. The van der Waals surface area contributed by atoms with E-state index in [1.807, 2.05) is 13.8 Å². The number of hydrogen-bond donors (Lipinski definition) is 1. The fourth-order valence-corrected chi connectivity index (χ4v) is 1.89. The molecule has 0 aromatic rings. The van der Waals surface area contributed by atoms with Gasteiger partial charge in [0.25, 0.3) is 0 Å². The quantitative estimate of drug-likeness (QED) is 0.689. The zero-order valence-corrected chi connectivity index (χ0v) is 11.0. The Hall–Kier alpha value is -0.450. The van der Waals surface area contributed by atoms with Gasteiger partial charge in [0, 0.05) is 11.0 Å². The highest BCUT2D eigenvalue weighted by Crippen LogP contribution is 2.29. The van der Waals surface area contributed by atoms with Crippen LogP contribution >= 0.6 is 8.25 Å². The molecule has 100 valence electrons. The van der Waals surface area contributed by atoms with E-state index >= 15 is 0 Å². The summed E-state index contributed by atoms with van der Waals surface area (Å²) < 4.78 is 40.8. The molecule has 0 saturated carbocycles. The van der Waals surface area contributed by atoms with Crippen molar-refractivity contribution in [2.75, 3.05) is 6.61 Å². The maximum Gasteiger partial charge on any atom is 0.695 e. The number of carbonyl (C=O) groups excluding carboxylic acids is 1. The predicted octanol–water partition coefficient (Wildman–Crippen LogP) is 2.93. The molecule has 7 heteroatoms. The van der Waals surface area contributed by atoms with Crippen LogP contribution in [-0.2, 0) is 13.9 Å². The Labute approximate surface area is 100 Å². The molecule has 0 heterocycles. The Kier molecular flexibility index (Phi) is 6.90. The molecule has 0 aliphatic carbocycles. The molecule has 1 unspecified atom stereocenters. The third-order valence-corrected chi connectivity index (χ3v) is 2.54. The minimum Gasteiger partial charge on any atom is -0.290 e. The first kappa shape index (κ1) is 16.6. The zero-order valence-electron chi connectivity index (χ0n) is 10.2. The standard InChI is InChI=1S/C10H17F2O4P/c1-7(2)4-8(3)5-10(11,12)9(13)6-16-17(14)15/h7-8H,4-6H2,1-3H3/p+1/t8-/m0/s1. The fourth-order valence-electron chi connectivity index (χ4n) is 1.66. The number of alkyl halides is 2. The number of rotatable bonds is 8. The molecule has 0 aromatic carbocycles. The normalized spacial score (nSPS) is 14.9. The minimum absolute atomic E-state index is 0.277. The van der Waals surface area contributed by atoms with E-state index in [4.69, 9.17) is 4.89 Å². The topological polar surface area (TPSA) is 63.6 Å². The van der Waals surface area contributed by atoms with Crippen LogP contribution in [0.25, 0.3) is 0 Å². The highest BCUT2D eigenvalue weighted by Gasteiger charge is 2.41. The van der Waals surface area contributed by atoms with Crippen molar-refractivity contribution in [1.82, 2.24) is 0 Å². The lowest BCUT2D eigenvalue weighted by molar-refractivity contribution is -0.147. The molecule has 4 nitrogen and oxygen atoms in total. The van der Waals surface area contributed by atoms with E-state index in [0.29, 0.717) is 6.42 Å². The molecular weight excluding hydrogens is 253 g/mol.